The largest absolute Gasteiger partial charge is 0.491 e. The fourth-order valence-electron chi connectivity index (χ4n) is 1.04. The van der Waals surface area contributed by atoms with Gasteiger partial charge in [0.25, 0.3) is 0 Å². The molecule has 0 fully saturated rings. The fraction of sp³-hybridized carbons (Fsp3) is 0.455. The van der Waals surface area contributed by atoms with Gasteiger partial charge in [0.05, 0.1) is 10.5 Å². The average Bonchev–Trinajstić information content (AvgIpc) is 2.13. The minimum atomic E-state index is -3.17. The lowest BCUT2D eigenvalue weighted by Crippen LogP contribution is -2.27. The number of ether oxygens (including phenoxy) is 1. The summed E-state index contributed by atoms with van der Waals surface area (Å²) in [4.78, 5) is 0.253. The molecule has 1 aromatic carbocycles. The van der Waals surface area contributed by atoms with Crippen molar-refractivity contribution in [1.29, 1.82) is 0 Å². The Hall–Kier alpha value is -1.07. The van der Waals surface area contributed by atoms with Crippen LogP contribution in [0.15, 0.2) is 29.2 Å². The Morgan fingerprint density at radius 2 is 1.75 bits per heavy atom. The molecule has 0 amide bonds. The van der Waals surface area contributed by atoms with Crippen molar-refractivity contribution in [3.05, 3.63) is 24.3 Å². The third-order valence-electron chi connectivity index (χ3n) is 1.84. The van der Waals surface area contributed by atoms with Crippen LogP contribution >= 0.6 is 0 Å². The van der Waals surface area contributed by atoms with Gasteiger partial charge in [-0.15, -0.1) is 0 Å². The topological polar surface area (TPSA) is 63.6 Å². The average molecular weight is 244 g/mol. The van der Waals surface area contributed by atoms with Crippen LogP contribution in [-0.2, 0) is 9.84 Å². The van der Waals surface area contributed by atoms with Crippen molar-refractivity contribution in [1.82, 2.24) is 0 Å². The number of benzene rings is 1. The van der Waals surface area contributed by atoms with Gasteiger partial charge in [-0.3, -0.25) is 0 Å². The van der Waals surface area contributed by atoms with E-state index in [1.165, 1.54) is 12.1 Å². The summed E-state index contributed by atoms with van der Waals surface area (Å²) >= 11 is 0. The van der Waals surface area contributed by atoms with Crippen molar-refractivity contribution in [3.8, 4) is 5.75 Å². The summed E-state index contributed by atoms with van der Waals surface area (Å²) in [6.07, 6.45) is 1.15. The van der Waals surface area contributed by atoms with Gasteiger partial charge in [0.1, 0.15) is 12.4 Å². The van der Waals surface area contributed by atoms with Crippen LogP contribution < -0.4 is 4.74 Å². The Kier molecular flexibility index (Phi) is 3.60. The first-order valence-corrected chi connectivity index (χ1v) is 6.73. The summed E-state index contributed by atoms with van der Waals surface area (Å²) in [5, 5.41) is 9.44. The third-order valence-corrected chi connectivity index (χ3v) is 2.97. The molecule has 0 atom stereocenters. The highest BCUT2D eigenvalue weighted by molar-refractivity contribution is 7.90. The summed E-state index contributed by atoms with van der Waals surface area (Å²) in [5.41, 5.74) is -0.907. The van der Waals surface area contributed by atoms with Crippen molar-refractivity contribution < 1.29 is 18.3 Å². The summed E-state index contributed by atoms with van der Waals surface area (Å²) < 4.78 is 27.7. The minimum absolute atomic E-state index is 0.158. The maximum absolute atomic E-state index is 11.2. The maximum Gasteiger partial charge on any atom is 0.175 e. The molecule has 0 radical (unpaired) electrons. The van der Waals surface area contributed by atoms with E-state index in [0.717, 1.165) is 6.26 Å². The first kappa shape index (κ1) is 13.0. The van der Waals surface area contributed by atoms with E-state index >= 15 is 0 Å². The number of hydrogen-bond donors (Lipinski definition) is 1. The molecule has 5 heteroatoms. The van der Waals surface area contributed by atoms with E-state index in [4.69, 9.17) is 4.74 Å². The maximum atomic E-state index is 11.2. The Morgan fingerprint density at radius 3 is 2.12 bits per heavy atom. The van der Waals surface area contributed by atoms with E-state index < -0.39 is 15.4 Å². The number of rotatable bonds is 4. The van der Waals surface area contributed by atoms with Gasteiger partial charge >= 0.3 is 0 Å². The SMILES string of the molecule is CC(C)(O)COc1ccc(S(C)(=O)=O)cc1. The van der Waals surface area contributed by atoms with Crippen molar-refractivity contribution in [2.24, 2.45) is 0 Å². The molecule has 0 aliphatic rings. The second-order valence-electron chi connectivity index (χ2n) is 4.34. The van der Waals surface area contributed by atoms with E-state index in [-0.39, 0.29) is 11.5 Å². The van der Waals surface area contributed by atoms with E-state index in [9.17, 15) is 13.5 Å². The molecule has 1 rings (SSSR count). The molecule has 0 saturated carbocycles. The normalized spacial score (nSPS) is 12.5. The number of sulfone groups is 1. The Morgan fingerprint density at radius 1 is 1.25 bits per heavy atom. The predicted octanol–water partition coefficient (Wildman–Crippen LogP) is 1.24. The van der Waals surface area contributed by atoms with Crippen LogP contribution in [-0.4, -0.2) is 32.0 Å². The zero-order valence-corrected chi connectivity index (χ0v) is 10.4. The highest BCUT2D eigenvalue weighted by Gasteiger charge is 2.13. The van der Waals surface area contributed by atoms with Crippen molar-refractivity contribution in [2.45, 2.75) is 24.3 Å². The minimum Gasteiger partial charge on any atom is -0.491 e. The second-order valence-corrected chi connectivity index (χ2v) is 6.36. The fourth-order valence-corrected chi connectivity index (χ4v) is 1.67. The van der Waals surface area contributed by atoms with Gasteiger partial charge in [0.2, 0.25) is 0 Å². The molecule has 90 valence electrons. The molecule has 4 nitrogen and oxygen atoms in total. The third kappa shape index (κ3) is 4.20. The monoisotopic (exact) mass is 244 g/mol. The van der Waals surface area contributed by atoms with Gasteiger partial charge in [0, 0.05) is 6.26 Å². The van der Waals surface area contributed by atoms with E-state index in [2.05, 4.69) is 0 Å². The van der Waals surface area contributed by atoms with Crippen molar-refractivity contribution in [3.63, 3.8) is 0 Å². The quantitative estimate of drug-likeness (QED) is 0.865. The molecule has 0 unspecified atom stereocenters. The summed E-state index contributed by atoms with van der Waals surface area (Å²) in [5.74, 6) is 0.537. The van der Waals surface area contributed by atoms with Crippen LogP contribution in [0, 0.1) is 0 Å². The Balaban J connectivity index is 2.73. The summed E-state index contributed by atoms with van der Waals surface area (Å²) in [6.45, 7) is 3.43. The molecule has 0 bridgehead atoms. The van der Waals surface area contributed by atoms with Crippen LogP contribution in [0.5, 0.6) is 5.75 Å². The number of aliphatic hydroxyl groups is 1. The molecule has 0 heterocycles. The molecule has 1 N–H and O–H groups in total. The lowest BCUT2D eigenvalue weighted by molar-refractivity contribution is 0.0284. The molecular formula is C11H16O4S. The molecule has 0 spiro atoms. The Labute approximate surface area is 95.8 Å². The summed E-state index contributed by atoms with van der Waals surface area (Å²) in [6, 6.07) is 6.11. The zero-order valence-electron chi connectivity index (χ0n) is 9.60. The van der Waals surface area contributed by atoms with E-state index in [0.29, 0.717) is 5.75 Å². The number of hydrogen-bond acceptors (Lipinski definition) is 4. The van der Waals surface area contributed by atoms with Crippen molar-refractivity contribution in [2.75, 3.05) is 12.9 Å². The van der Waals surface area contributed by atoms with E-state index in [1.54, 1.807) is 26.0 Å². The first-order chi connectivity index (χ1) is 7.18. The zero-order chi connectivity index (χ0) is 12.4. The van der Waals surface area contributed by atoms with E-state index in [1.807, 2.05) is 0 Å². The lowest BCUT2D eigenvalue weighted by atomic mass is 10.2. The van der Waals surface area contributed by atoms with Crippen LogP contribution in [0.3, 0.4) is 0 Å². The van der Waals surface area contributed by atoms with Crippen LogP contribution in [0.1, 0.15) is 13.8 Å². The van der Waals surface area contributed by atoms with Crippen LogP contribution in [0.2, 0.25) is 0 Å². The van der Waals surface area contributed by atoms with Crippen molar-refractivity contribution >= 4 is 9.84 Å². The van der Waals surface area contributed by atoms with Crippen LogP contribution in [0.4, 0.5) is 0 Å². The highest BCUT2D eigenvalue weighted by Crippen LogP contribution is 2.16. The van der Waals surface area contributed by atoms with Gasteiger partial charge in [-0.1, -0.05) is 0 Å². The standard InChI is InChI=1S/C11H16O4S/c1-11(2,12)8-15-9-4-6-10(7-5-9)16(3,13)14/h4-7,12H,8H2,1-3H3. The smallest absolute Gasteiger partial charge is 0.175 e. The van der Waals surface area contributed by atoms with Gasteiger partial charge in [-0.2, -0.15) is 0 Å². The van der Waals surface area contributed by atoms with Gasteiger partial charge in [-0.05, 0) is 38.1 Å². The van der Waals surface area contributed by atoms with Crippen LogP contribution in [0.25, 0.3) is 0 Å². The summed E-state index contributed by atoms with van der Waals surface area (Å²) in [7, 11) is -3.17. The van der Waals surface area contributed by atoms with Gasteiger partial charge < -0.3 is 9.84 Å². The molecule has 1 aromatic rings. The molecular weight excluding hydrogens is 228 g/mol. The first-order valence-electron chi connectivity index (χ1n) is 4.84. The van der Waals surface area contributed by atoms with Gasteiger partial charge in [-0.25, -0.2) is 8.42 Å². The predicted molar refractivity (Wildman–Crippen MR) is 61.3 cm³/mol. The lowest BCUT2D eigenvalue weighted by Gasteiger charge is -2.17. The molecule has 0 aromatic heterocycles. The molecule has 0 aliphatic carbocycles. The molecule has 0 aliphatic heterocycles. The second kappa shape index (κ2) is 4.43. The Bertz CT molecular complexity index is 440. The molecule has 16 heavy (non-hydrogen) atoms. The van der Waals surface area contributed by atoms with Gasteiger partial charge in [0.15, 0.2) is 9.84 Å². The highest BCUT2D eigenvalue weighted by atomic mass is 32.2. The molecule has 0 saturated heterocycles.